The highest BCUT2D eigenvalue weighted by Gasteiger charge is 2.07. The Morgan fingerprint density at radius 3 is 2.86 bits per heavy atom. The second kappa shape index (κ2) is 6.10. The molecule has 0 unspecified atom stereocenters. The summed E-state index contributed by atoms with van der Waals surface area (Å²) in [6.07, 6.45) is 0.564. The van der Waals surface area contributed by atoms with Crippen molar-refractivity contribution in [2.24, 2.45) is 0 Å². The number of aromatic nitrogens is 1. The van der Waals surface area contributed by atoms with Gasteiger partial charge < -0.3 is 9.73 Å². The van der Waals surface area contributed by atoms with Gasteiger partial charge in [-0.25, -0.2) is 4.98 Å². The molecule has 0 saturated heterocycles. The largest absolute Gasteiger partial charge is 0.441 e. The van der Waals surface area contributed by atoms with Gasteiger partial charge in [-0.1, -0.05) is 34.1 Å². The van der Waals surface area contributed by atoms with Crippen LogP contribution in [-0.4, -0.2) is 17.4 Å². The van der Waals surface area contributed by atoms with Crippen LogP contribution in [0.3, 0.4) is 0 Å². The van der Waals surface area contributed by atoms with Gasteiger partial charge in [-0.2, -0.15) is 0 Å². The average Bonchev–Trinajstić information content (AvgIpc) is 2.89. The van der Waals surface area contributed by atoms with E-state index < -0.39 is 0 Å². The molecule has 0 radical (unpaired) electrons. The van der Waals surface area contributed by atoms with Crippen LogP contribution in [0.25, 0.3) is 11.1 Å². The molecule has 0 spiro atoms. The average molecular weight is 345 g/mol. The van der Waals surface area contributed by atoms with Crippen molar-refractivity contribution >= 4 is 32.9 Å². The van der Waals surface area contributed by atoms with Crippen LogP contribution >= 0.6 is 15.9 Å². The van der Waals surface area contributed by atoms with Gasteiger partial charge in [0.15, 0.2) is 11.5 Å². The number of carbonyl (C=O) groups excluding carboxylic acids is 1. The molecule has 3 aromatic rings. The fourth-order valence-electron chi connectivity index (χ4n) is 2.04. The van der Waals surface area contributed by atoms with E-state index in [1.54, 1.807) is 12.1 Å². The van der Waals surface area contributed by atoms with Crippen molar-refractivity contribution in [2.45, 2.75) is 6.42 Å². The third-order valence-electron chi connectivity index (χ3n) is 3.05. The number of halogens is 1. The van der Waals surface area contributed by atoms with Crippen LogP contribution in [0.4, 0.5) is 0 Å². The number of nitrogens with one attached hydrogen (secondary N) is 1. The highest BCUT2D eigenvalue weighted by atomic mass is 79.9. The summed E-state index contributed by atoms with van der Waals surface area (Å²) in [5.74, 6) is 0.526. The smallest absolute Gasteiger partial charge is 0.251 e. The number of carbonyl (C=O) groups is 1. The SMILES string of the molecule is O=C(NCCc1nc2ccccc2o1)c1cccc(Br)c1. The highest BCUT2D eigenvalue weighted by molar-refractivity contribution is 9.10. The summed E-state index contributed by atoms with van der Waals surface area (Å²) >= 11 is 3.35. The molecule has 4 nitrogen and oxygen atoms in total. The quantitative estimate of drug-likeness (QED) is 0.787. The maximum atomic E-state index is 12.0. The summed E-state index contributed by atoms with van der Waals surface area (Å²) in [6, 6.07) is 14.9. The van der Waals surface area contributed by atoms with Crippen LogP contribution in [-0.2, 0) is 6.42 Å². The van der Waals surface area contributed by atoms with Gasteiger partial charge in [0, 0.05) is 23.0 Å². The van der Waals surface area contributed by atoms with Gasteiger partial charge in [0.25, 0.3) is 5.91 Å². The molecule has 21 heavy (non-hydrogen) atoms. The molecule has 1 heterocycles. The molecule has 0 atom stereocenters. The maximum Gasteiger partial charge on any atom is 0.251 e. The first-order valence-electron chi connectivity index (χ1n) is 6.60. The predicted octanol–water partition coefficient (Wildman–Crippen LogP) is 3.56. The third-order valence-corrected chi connectivity index (χ3v) is 3.54. The van der Waals surface area contributed by atoms with Gasteiger partial charge in [-0.3, -0.25) is 4.79 Å². The molecule has 2 aromatic carbocycles. The molecule has 0 aliphatic heterocycles. The number of rotatable bonds is 4. The Hall–Kier alpha value is -2.14. The topological polar surface area (TPSA) is 55.1 Å². The number of hydrogen-bond acceptors (Lipinski definition) is 3. The number of para-hydroxylation sites is 2. The lowest BCUT2D eigenvalue weighted by atomic mass is 10.2. The van der Waals surface area contributed by atoms with E-state index >= 15 is 0 Å². The van der Waals surface area contributed by atoms with E-state index in [1.807, 2.05) is 36.4 Å². The Kier molecular flexibility index (Phi) is 4.01. The fraction of sp³-hybridized carbons (Fsp3) is 0.125. The zero-order chi connectivity index (χ0) is 14.7. The highest BCUT2D eigenvalue weighted by Crippen LogP contribution is 2.15. The molecule has 1 aromatic heterocycles. The van der Waals surface area contributed by atoms with Crippen molar-refractivity contribution in [3.8, 4) is 0 Å². The first-order chi connectivity index (χ1) is 10.2. The minimum atomic E-state index is -0.104. The Labute approximate surface area is 130 Å². The van der Waals surface area contributed by atoms with E-state index in [2.05, 4.69) is 26.2 Å². The molecule has 5 heteroatoms. The first kappa shape index (κ1) is 13.8. The van der Waals surface area contributed by atoms with Crippen molar-refractivity contribution in [2.75, 3.05) is 6.54 Å². The van der Waals surface area contributed by atoms with E-state index in [4.69, 9.17) is 4.42 Å². The van der Waals surface area contributed by atoms with E-state index in [-0.39, 0.29) is 5.91 Å². The third kappa shape index (κ3) is 3.31. The first-order valence-corrected chi connectivity index (χ1v) is 7.40. The maximum absolute atomic E-state index is 12.0. The number of amides is 1. The summed E-state index contributed by atoms with van der Waals surface area (Å²) < 4.78 is 6.49. The molecule has 106 valence electrons. The van der Waals surface area contributed by atoms with Crippen molar-refractivity contribution in [1.29, 1.82) is 0 Å². The summed E-state index contributed by atoms with van der Waals surface area (Å²) in [7, 11) is 0. The normalized spacial score (nSPS) is 10.7. The summed E-state index contributed by atoms with van der Waals surface area (Å²) in [5.41, 5.74) is 2.23. The molecule has 1 amide bonds. The number of nitrogens with zero attached hydrogens (tertiary/aromatic N) is 1. The van der Waals surface area contributed by atoms with Crippen molar-refractivity contribution < 1.29 is 9.21 Å². The Morgan fingerprint density at radius 2 is 2.05 bits per heavy atom. The number of oxazole rings is 1. The van der Waals surface area contributed by atoms with Crippen LogP contribution in [0.15, 0.2) is 57.4 Å². The zero-order valence-corrected chi connectivity index (χ0v) is 12.8. The number of benzene rings is 2. The Balaban J connectivity index is 1.59. The lowest BCUT2D eigenvalue weighted by molar-refractivity contribution is 0.0953. The predicted molar refractivity (Wildman–Crippen MR) is 84.2 cm³/mol. The fourth-order valence-corrected chi connectivity index (χ4v) is 2.44. The van der Waals surface area contributed by atoms with Crippen LogP contribution < -0.4 is 5.32 Å². The Morgan fingerprint density at radius 1 is 1.19 bits per heavy atom. The summed E-state index contributed by atoms with van der Waals surface area (Å²) in [6.45, 7) is 0.484. The van der Waals surface area contributed by atoms with Gasteiger partial charge in [-0.15, -0.1) is 0 Å². The summed E-state index contributed by atoms with van der Waals surface area (Å²) in [5, 5.41) is 2.86. The van der Waals surface area contributed by atoms with Crippen molar-refractivity contribution in [1.82, 2.24) is 10.3 Å². The minimum absolute atomic E-state index is 0.104. The van der Waals surface area contributed by atoms with Crippen LogP contribution in [0.1, 0.15) is 16.2 Å². The molecule has 0 aliphatic carbocycles. The molecule has 1 N–H and O–H groups in total. The molecule has 0 fully saturated rings. The second-order valence-electron chi connectivity index (χ2n) is 4.59. The van der Waals surface area contributed by atoms with E-state index in [9.17, 15) is 4.79 Å². The van der Waals surface area contributed by atoms with Gasteiger partial charge in [0.05, 0.1) is 0 Å². The van der Waals surface area contributed by atoms with Crippen LogP contribution in [0, 0.1) is 0 Å². The minimum Gasteiger partial charge on any atom is -0.441 e. The second-order valence-corrected chi connectivity index (χ2v) is 5.51. The molecule has 0 aliphatic rings. The van der Waals surface area contributed by atoms with E-state index in [0.29, 0.717) is 24.4 Å². The number of fused-ring (bicyclic) bond motifs is 1. The van der Waals surface area contributed by atoms with E-state index in [0.717, 1.165) is 15.6 Å². The molecular formula is C16H13BrN2O2. The monoisotopic (exact) mass is 344 g/mol. The Bertz CT molecular complexity index is 750. The number of hydrogen-bond donors (Lipinski definition) is 1. The van der Waals surface area contributed by atoms with Crippen molar-refractivity contribution in [3.05, 3.63) is 64.5 Å². The lowest BCUT2D eigenvalue weighted by Crippen LogP contribution is -2.25. The zero-order valence-electron chi connectivity index (χ0n) is 11.2. The van der Waals surface area contributed by atoms with Crippen LogP contribution in [0.2, 0.25) is 0 Å². The van der Waals surface area contributed by atoms with Gasteiger partial charge in [-0.05, 0) is 30.3 Å². The van der Waals surface area contributed by atoms with Crippen LogP contribution in [0.5, 0.6) is 0 Å². The van der Waals surface area contributed by atoms with Gasteiger partial charge in [0.1, 0.15) is 5.52 Å². The van der Waals surface area contributed by atoms with E-state index in [1.165, 1.54) is 0 Å². The summed E-state index contributed by atoms with van der Waals surface area (Å²) in [4.78, 5) is 16.3. The lowest BCUT2D eigenvalue weighted by Gasteiger charge is -2.03. The molecule has 0 bridgehead atoms. The van der Waals surface area contributed by atoms with Crippen molar-refractivity contribution in [3.63, 3.8) is 0 Å². The standard InChI is InChI=1S/C16H13BrN2O2/c17-12-5-3-4-11(10-12)16(20)18-9-8-15-19-13-6-1-2-7-14(13)21-15/h1-7,10H,8-9H2,(H,18,20). The molecule has 3 rings (SSSR count). The van der Waals surface area contributed by atoms with Gasteiger partial charge in [0.2, 0.25) is 0 Å². The van der Waals surface area contributed by atoms with Gasteiger partial charge >= 0.3 is 0 Å². The molecule has 0 saturated carbocycles. The molecular weight excluding hydrogens is 332 g/mol.